The Hall–Kier alpha value is -3.33. The zero-order chi connectivity index (χ0) is 25.1. The number of halogens is 2. The molecule has 0 spiro atoms. The molecule has 5 rings (SSSR count). The number of hydrogen-bond acceptors (Lipinski definition) is 5. The number of hydrogen-bond donors (Lipinski definition) is 1. The first-order chi connectivity index (χ1) is 16.8. The molecule has 2 aliphatic rings. The molecule has 0 bridgehead atoms. The van der Waals surface area contributed by atoms with Gasteiger partial charge in [-0.1, -0.05) is 12.1 Å². The molecule has 2 saturated heterocycles. The van der Waals surface area contributed by atoms with Crippen LogP contribution in [0.25, 0.3) is 5.65 Å². The molecule has 2 atom stereocenters. The fourth-order valence-corrected chi connectivity index (χ4v) is 4.81. The number of benzene rings is 1. The molecule has 2 aromatic heterocycles. The summed E-state index contributed by atoms with van der Waals surface area (Å²) in [4.78, 5) is 21.7. The predicted molar refractivity (Wildman–Crippen MR) is 132 cm³/mol. The molecule has 1 aromatic carbocycles. The summed E-state index contributed by atoms with van der Waals surface area (Å²) in [7, 11) is 0. The maximum absolute atomic E-state index is 14.3. The van der Waals surface area contributed by atoms with Crippen LogP contribution in [0, 0.1) is 18.6 Å². The van der Waals surface area contributed by atoms with Gasteiger partial charge < -0.3 is 15.5 Å². The number of carbonyl (C=O) groups excluding carboxylic acids is 1. The lowest BCUT2D eigenvalue weighted by Gasteiger charge is -2.34. The number of carbonyl (C=O) groups is 1. The Morgan fingerprint density at radius 3 is 2.57 bits per heavy atom. The third kappa shape index (κ3) is 5.05. The van der Waals surface area contributed by atoms with Crippen molar-refractivity contribution in [2.45, 2.75) is 51.6 Å². The second-order valence-corrected chi connectivity index (χ2v) is 9.13. The number of aromatic nitrogens is 3. The summed E-state index contributed by atoms with van der Waals surface area (Å²) in [6, 6.07) is 5.13. The molecule has 2 N–H and O–H groups in total. The Morgan fingerprint density at radius 2 is 1.91 bits per heavy atom. The van der Waals surface area contributed by atoms with E-state index in [1.54, 1.807) is 15.5 Å². The minimum atomic E-state index is -0.847. The first kappa shape index (κ1) is 24.8. The van der Waals surface area contributed by atoms with E-state index in [2.05, 4.69) is 16.6 Å². The Labute approximate surface area is 204 Å². The molecule has 7 nitrogen and oxygen atoms in total. The van der Waals surface area contributed by atoms with E-state index < -0.39 is 23.1 Å². The van der Waals surface area contributed by atoms with E-state index in [4.69, 9.17) is 10.7 Å². The molecule has 9 heteroatoms. The second kappa shape index (κ2) is 10.5. The summed E-state index contributed by atoms with van der Waals surface area (Å²) in [5.74, 6) is -1.44. The molecular weight excluding hydrogens is 450 g/mol. The number of piperidine rings is 1. The monoisotopic (exact) mass is 482 g/mol. The summed E-state index contributed by atoms with van der Waals surface area (Å²) in [5, 5.41) is 4.68. The topological polar surface area (TPSA) is 79.8 Å². The fraction of sp³-hybridized carbons (Fsp3) is 0.423. The highest BCUT2D eigenvalue weighted by Crippen LogP contribution is 2.33. The first-order valence-electron chi connectivity index (χ1n) is 12.0. The summed E-state index contributed by atoms with van der Waals surface area (Å²) in [6.45, 7) is 9.30. The zero-order valence-corrected chi connectivity index (χ0v) is 20.3. The van der Waals surface area contributed by atoms with Crippen LogP contribution in [0.3, 0.4) is 0 Å². The van der Waals surface area contributed by atoms with Crippen molar-refractivity contribution < 1.29 is 13.6 Å². The van der Waals surface area contributed by atoms with Crippen molar-refractivity contribution in [1.29, 1.82) is 0 Å². The molecule has 186 valence electrons. The van der Waals surface area contributed by atoms with E-state index in [9.17, 15) is 13.6 Å². The smallest absolute Gasteiger partial charge is 0.260 e. The molecule has 35 heavy (non-hydrogen) atoms. The van der Waals surface area contributed by atoms with Crippen molar-refractivity contribution in [3.05, 3.63) is 71.6 Å². The number of fused-ring (bicyclic) bond motifs is 1. The maximum atomic E-state index is 14.3. The Kier molecular flexibility index (Phi) is 7.45. The first-order valence-corrected chi connectivity index (χ1v) is 12.0. The number of rotatable bonds is 3. The average Bonchev–Trinajstić information content (AvgIpc) is 3.44. The summed E-state index contributed by atoms with van der Waals surface area (Å²) in [6.07, 6.45) is 6.98. The predicted octanol–water partition coefficient (Wildman–Crippen LogP) is 4.41. The number of anilines is 1. The van der Waals surface area contributed by atoms with Crippen molar-refractivity contribution in [1.82, 2.24) is 19.5 Å². The highest BCUT2D eigenvalue weighted by molar-refractivity contribution is 5.95. The number of nitrogens with zero attached hydrogens (tertiary/aromatic N) is 5. The van der Waals surface area contributed by atoms with Gasteiger partial charge in [-0.2, -0.15) is 5.10 Å². The minimum Gasteiger partial charge on any atom is -0.355 e. The van der Waals surface area contributed by atoms with Crippen LogP contribution in [0.4, 0.5) is 14.6 Å². The van der Waals surface area contributed by atoms with E-state index in [0.717, 1.165) is 55.9 Å². The van der Waals surface area contributed by atoms with Gasteiger partial charge in [0.2, 0.25) is 0 Å². The van der Waals surface area contributed by atoms with Crippen LogP contribution in [0.15, 0.2) is 43.1 Å². The fourth-order valence-electron chi connectivity index (χ4n) is 4.81. The van der Waals surface area contributed by atoms with Crippen LogP contribution in [-0.4, -0.2) is 51.1 Å². The summed E-state index contributed by atoms with van der Waals surface area (Å²) < 4.78 is 30.3. The molecule has 0 aliphatic carbocycles. The average molecular weight is 483 g/mol. The number of amides is 1. The van der Waals surface area contributed by atoms with Gasteiger partial charge in [-0.25, -0.2) is 18.3 Å². The number of nitrogens with two attached hydrogens (primary N) is 1. The molecule has 2 aliphatic heterocycles. The highest BCUT2D eigenvalue weighted by atomic mass is 19.1. The summed E-state index contributed by atoms with van der Waals surface area (Å²) in [5.41, 5.74) is 7.90. The summed E-state index contributed by atoms with van der Waals surface area (Å²) >= 11 is 0. The van der Waals surface area contributed by atoms with Gasteiger partial charge in [0.25, 0.3) is 5.91 Å². The second-order valence-electron chi connectivity index (χ2n) is 9.13. The third-order valence-corrected chi connectivity index (χ3v) is 6.43. The quantitative estimate of drug-likeness (QED) is 0.560. The van der Waals surface area contributed by atoms with E-state index in [0.29, 0.717) is 24.3 Å². The van der Waals surface area contributed by atoms with Crippen molar-refractivity contribution in [3.8, 4) is 0 Å². The van der Waals surface area contributed by atoms with E-state index in [1.165, 1.54) is 6.07 Å². The molecule has 4 heterocycles. The van der Waals surface area contributed by atoms with Crippen LogP contribution < -0.4 is 10.6 Å². The van der Waals surface area contributed by atoms with Crippen LogP contribution in [0.5, 0.6) is 0 Å². The Bertz CT molecular complexity index is 1210. The van der Waals surface area contributed by atoms with E-state index in [1.807, 2.05) is 26.1 Å². The van der Waals surface area contributed by atoms with Gasteiger partial charge >= 0.3 is 0 Å². The number of allylic oxidation sites excluding steroid dienone is 1. The minimum absolute atomic E-state index is 0.147. The van der Waals surface area contributed by atoms with Gasteiger partial charge in [-0.05, 0) is 51.7 Å². The van der Waals surface area contributed by atoms with Crippen LogP contribution in [0.2, 0.25) is 0 Å². The Balaban J connectivity index is 0.000000917. The van der Waals surface area contributed by atoms with E-state index in [-0.39, 0.29) is 12.1 Å². The molecule has 2 unspecified atom stereocenters. The van der Waals surface area contributed by atoms with Gasteiger partial charge in [-0.3, -0.25) is 4.79 Å². The molecule has 2 fully saturated rings. The van der Waals surface area contributed by atoms with Gasteiger partial charge in [0.15, 0.2) is 5.65 Å². The largest absolute Gasteiger partial charge is 0.355 e. The molecule has 1 amide bonds. The van der Waals surface area contributed by atoms with E-state index >= 15 is 0 Å². The maximum Gasteiger partial charge on any atom is 0.260 e. The van der Waals surface area contributed by atoms with Crippen molar-refractivity contribution in [2.75, 3.05) is 24.5 Å². The van der Waals surface area contributed by atoms with Gasteiger partial charge in [-0.15, -0.1) is 6.58 Å². The van der Waals surface area contributed by atoms with Crippen LogP contribution in [-0.2, 0) is 0 Å². The highest BCUT2D eigenvalue weighted by Gasteiger charge is 2.33. The SMILES string of the molecule is C=CC.Cc1cn2nc(C3CCCCN3C(=O)c3c(F)cccc3F)cc2nc1N1CCC(N)C1. The lowest BCUT2D eigenvalue weighted by molar-refractivity contribution is 0.0595. The number of likely N-dealkylation sites (tertiary alicyclic amines) is 1. The number of aryl methyl sites for hydroxylation is 1. The third-order valence-electron chi connectivity index (χ3n) is 6.43. The van der Waals surface area contributed by atoms with Crippen molar-refractivity contribution in [2.24, 2.45) is 5.73 Å². The normalized spacial score (nSPS) is 20.0. The molecule has 0 radical (unpaired) electrons. The van der Waals surface area contributed by atoms with Crippen molar-refractivity contribution in [3.63, 3.8) is 0 Å². The molecular formula is C26H32F2N6O. The van der Waals surface area contributed by atoms with Gasteiger partial charge in [0, 0.05) is 43.5 Å². The van der Waals surface area contributed by atoms with Crippen molar-refractivity contribution >= 4 is 17.4 Å². The lowest BCUT2D eigenvalue weighted by Crippen LogP contribution is -2.39. The molecule has 0 saturated carbocycles. The zero-order valence-electron chi connectivity index (χ0n) is 20.3. The molecule has 3 aromatic rings. The lowest BCUT2D eigenvalue weighted by atomic mass is 9.98. The standard InChI is InChI=1S/C23H26F2N6O.C3H6/c1-14-12-31-20(27-22(14)29-10-8-15(26)13-29)11-18(28-31)19-7-2-3-9-30(19)23(32)21-16(24)5-4-6-17(21)25;1-3-2/h4-6,11-12,15,19H,2-3,7-10,13,26H2,1H3;3H,1H2,2H3. The van der Waals surface area contributed by atoms with Gasteiger partial charge in [0.05, 0.1) is 11.7 Å². The van der Waals surface area contributed by atoms with Gasteiger partial charge in [0.1, 0.15) is 23.0 Å². The Morgan fingerprint density at radius 1 is 1.20 bits per heavy atom. The van der Waals surface area contributed by atoms with Crippen LogP contribution in [0.1, 0.15) is 60.3 Å². The van der Waals surface area contributed by atoms with Crippen LogP contribution >= 0.6 is 0 Å².